The fourth-order valence-electron chi connectivity index (χ4n) is 2.77. The van der Waals surface area contributed by atoms with Crippen molar-refractivity contribution in [3.8, 4) is 0 Å². The lowest BCUT2D eigenvalue weighted by molar-refractivity contribution is -0.384. The minimum atomic E-state index is -3.75. The van der Waals surface area contributed by atoms with E-state index in [1.165, 1.54) is 25.1 Å². The van der Waals surface area contributed by atoms with Gasteiger partial charge in [-0.3, -0.25) is 19.2 Å². The first-order valence-corrected chi connectivity index (χ1v) is 10.4. The lowest BCUT2D eigenvalue weighted by Gasteiger charge is -2.29. The van der Waals surface area contributed by atoms with Gasteiger partial charge in [0, 0.05) is 12.1 Å². The molecule has 0 aromatic heterocycles. The Labute approximate surface area is 164 Å². The van der Waals surface area contributed by atoms with Gasteiger partial charge in [0.15, 0.2) is 0 Å². The van der Waals surface area contributed by atoms with Gasteiger partial charge in [-0.05, 0) is 56.5 Å². The standard InChI is InChI=1S/C19H23N3O5S/c1-12-6-8-16(10-14(12)3)21(28(5,26)27)15(4)19(23)20-18-11-17(22(24)25)9-7-13(18)2/h6-11,15H,1-5H3,(H,20,23)/t15-/m1/s1. The number of carbonyl (C=O) groups excluding carboxylic acids is 1. The molecule has 0 aliphatic carbocycles. The number of anilines is 2. The molecule has 0 radical (unpaired) electrons. The van der Waals surface area contributed by atoms with E-state index in [0.717, 1.165) is 21.7 Å². The summed E-state index contributed by atoms with van der Waals surface area (Å²) in [6.45, 7) is 6.93. The molecular weight excluding hydrogens is 382 g/mol. The quantitative estimate of drug-likeness (QED) is 0.586. The first kappa shape index (κ1) is 21.4. The molecule has 0 spiro atoms. The predicted molar refractivity (Wildman–Crippen MR) is 109 cm³/mol. The molecule has 150 valence electrons. The van der Waals surface area contributed by atoms with Crippen LogP contribution < -0.4 is 9.62 Å². The summed E-state index contributed by atoms with van der Waals surface area (Å²) in [4.78, 5) is 23.2. The number of non-ortho nitro benzene ring substituents is 1. The fourth-order valence-corrected chi connectivity index (χ4v) is 3.93. The van der Waals surface area contributed by atoms with Crippen molar-refractivity contribution in [1.29, 1.82) is 0 Å². The molecule has 1 N–H and O–H groups in total. The molecule has 0 saturated carbocycles. The van der Waals surface area contributed by atoms with Crippen LogP contribution in [0.15, 0.2) is 36.4 Å². The Morgan fingerprint density at radius 3 is 2.21 bits per heavy atom. The molecule has 1 atom stereocenters. The predicted octanol–water partition coefficient (Wildman–Crippen LogP) is 3.31. The molecule has 0 fully saturated rings. The first-order valence-electron chi connectivity index (χ1n) is 8.54. The molecule has 2 rings (SSSR count). The third-order valence-electron chi connectivity index (χ3n) is 4.52. The van der Waals surface area contributed by atoms with E-state index in [2.05, 4.69) is 5.32 Å². The monoisotopic (exact) mass is 405 g/mol. The fraction of sp³-hybridized carbons (Fsp3) is 0.316. The molecule has 2 aromatic carbocycles. The van der Waals surface area contributed by atoms with Crippen molar-refractivity contribution in [2.45, 2.75) is 33.7 Å². The van der Waals surface area contributed by atoms with Crippen molar-refractivity contribution < 1.29 is 18.1 Å². The Kier molecular flexibility index (Phi) is 6.08. The van der Waals surface area contributed by atoms with E-state index < -0.39 is 26.9 Å². The van der Waals surface area contributed by atoms with Crippen LogP contribution >= 0.6 is 0 Å². The van der Waals surface area contributed by atoms with Gasteiger partial charge in [-0.15, -0.1) is 0 Å². The first-order chi connectivity index (χ1) is 12.9. The zero-order chi connectivity index (χ0) is 21.2. The van der Waals surface area contributed by atoms with Gasteiger partial charge in [0.25, 0.3) is 5.69 Å². The Morgan fingerprint density at radius 2 is 1.68 bits per heavy atom. The third kappa shape index (κ3) is 4.66. The van der Waals surface area contributed by atoms with Gasteiger partial charge in [0.2, 0.25) is 15.9 Å². The Morgan fingerprint density at radius 1 is 1.07 bits per heavy atom. The van der Waals surface area contributed by atoms with E-state index >= 15 is 0 Å². The van der Waals surface area contributed by atoms with E-state index in [-0.39, 0.29) is 11.4 Å². The minimum Gasteiger partial charge on any atom is -0.324 e. The van der Waals surface area contributed by atoms with Crippen LogP contribution in [0.4, 0.5) is 17.1 Å². The second-order valence-corrected chi connectivity index (χ2v) is 8.61. The van der Waals surface area contributed by atoms with Gasteiger partial charge < -0.3 is 5.32 Å². The molecule has 8 nitrogen and oxygen atoms in total. The number of sulfonamides is 1. The van der Waals surface area contributed by atoms with Gasteiger partial charge in [0.05, 0.1) is 22.6 Å². The molecular formula is C19H23N3O5S. The van der Waals surface area contributed by atoms with Crippen LogP contribution in [-0.2, 0) is 14.8 Å². The van der Waals surface area contributed by atoms with E-state index in [0.29, 0.717) is 11.3 Å². The largest absolute Gasteiger partial charge is 0.324 e. The topological polar surface area (TPSA) is 110 Å². The summed E-state index contributed by atoms with van der Waals surface area (Å²) >= 11 is 0. The number of nitro groups is 1. The number of hydrogen-bond donors (Lipinski definition) is 1. The molecule has 0 aliphatic heterocycles. The molecule has 0 saturated heterocycles. The number of nitrogens with one attached hydrogen (secondary N) is 1. The van der Waals surface area contributed by atoms with E-state index in [1.54, 1.807) is 25.1 Å². The van der Waals surface area contributed by atoms with Crippen molar-refractivity contribution >= 4 is 33.0 Å². The van der Waals surface area contributed by atoms with E-state index in [4.69, 9.17) is 0 Å². The maximum Gasteiger partial charge on any atom is 0.271 e. The minimum absolute atomic E-state index is 0.164. The highest BCUT2D eigenvalue weighted by molar-refractivity contribution is 7.92. The maximum absolute atomic E-state index is 12.8. The van der Waals surface area contributed by atoms with Gasteiger partial charge >= 0.3 is 0 Å². The second-order valence-electron chi connectivity index (χ2n) is 6.75. The van der Waals surface area contributed by atoms with Crippen molar-refractivity contribution in [3.05, 3.63) is 63.2 Å². The van der Waals surface area contributed by atoms with Crippen molar-refractivity contribution in [2.75, 3.05) is 15.9 Å². The molecule has 28 heavy (non-hydrogen) atoms. The van der Waals surface area contributed by atoms with E-state index in [9.17, 15) is 23.3 Å². The number of nitro benzene ring substituents is 1. The molecule has 9 heteroatoms. The van der Waals surface area contributed by atoms with Gasteiger partial charge in [-0.2, -0.15) is 0 Å². The van der Waals surface area contributed by atoms with E-state index in [1.807, 2.05) is 13.8 Å². The van der Waals surface area contributed by atoms with Crippen LogP contribution in [0.25, 0.3) is 0 Å². The van der Waals surface area contributed by atoms with Gasteiger partial charge in [0.1, 0.15) is 6.04 Å². The molecule has 0 unspecified atom stereocenters. The summed E-state index contributed by atoms with van der Waals surface area (Å²) in [5, 5.41) is 13.6. The van der Waals surface area contributed by atoms with Gasteiger partial charge in [-0.1, -0.05) is 12.1 Å². The zero-order valence-electron chi connectivity index (χ0n) is 16.4. The Hall–Kier alpha value is -2.94. The summed E-state index contributed by atoms with van der Waals surface area (Å²) in [5.74, 6) is -0.591. The number of amides is 1. The summed E-state index contributed by atoms with van der Waals surface area (Å²) in [6, 6.07) is 8.20. The normalized spacial score (nSPS) is 12.3. The number of rotatable bonds is 6. The Balaban J connectivity index is 2.38. The summed E-state index contributed by atoms with van der Waals surface area (Å²) in [7, 11) is -3.75. The van der Waals surface area contributed by atoms with Gasteiger partial charge in [-0.25, -0.2) is 8.42 Å². The summed E-state index contributed by atoms with van der Waals surface area (Å²) in [5.41, 5.74) is 3.00. The van der Waals surface area contributed by atoms with Crippen LogP contribution in [0.1, 0.15) is 23.6 Å². The zero-order valence-corrected chi connectivity index (χ0v) is 17.2. The van der Waals surface area contributed by atoms with Crippen molar-refractivity contribution in [2.24, 2.45) is 0 Å². The van der Waals surface area contributed by atoms with Crippen LogP contribution in [0.5, 0.6) is 0 Å². The second kappa shape index (κ2) is 7.97. The van der Waals surface area contributed by atoms with Crippen LogP contribution in [0, 0.1) is 30.9 Å². The number of hydrogen-bond acceptors (Lipinski definition) is 5. The number of nitrogens with zero attached hydrogens (tertiary/aromatic N) is 2. The van der Waals surface area contributed by atoms with Crippen molar-refractivity contribution in [1.82, 2.24) is 0 Å². The number of carbonyl (C=O) groups is 1. The average Bonchev–Trinajstić information content (AvgIpc) is 2.58. The molecule has 0 heterocycles. The maximum atomic E-state index is 12.8. The average molecular weight is 405 g/mol. The molecule has 0 bridgehead atoms. The number of benzene rings is 2. The SMILES string of the molecule is Cc1ccc(N([C@H](C)C(=O)Nc2cc([N+](=O)[O-])ccc2C)S(C)(=O)=O)cc1C. The van der Waals surface area contributed by atoms with Crippen LogP contribution in [0.3, 0.4) is 0 Å². The highest BCUT2D eigenvalue weighted by Crippen LogP contribution is 2.26. The van der Waals surface area contributed by atoms with Crippen LogP contribution in [-0.4, -0.2) is 31.5 Å². The Bertz CT molecular complexity index is 1030. The third-order valence-corrected chi connectivity index (χ3v) is 5.76. The van der Waals surface area contributed by atoms with Crippen molar-refractivity contribution in [3.63, 3.8) is 0 Å². The number of aryl methyl sites for hydroxylation is 3. The molecule has 0 aliphatic rings. The summed E-state index contributed by atoms with van der Waals surface area (Å²) < 4.78 is 25.8. The lowest BCUT2D eigenvalue weighted by Crippen LogP contribution is -2.45. The highest BCUT2D eigenvalue weighted by Gasteiger charge is 2.29. The molecule has 2 aromatic rings. The highest BCUT2D eigenvalue weighted by atomic mass is 32.2. The smallest absolute Gasteiger partial charge is 0.271 e. The molecule has 1 amide bonds. The summed E-state index contributed by atoms with van der Waals surface area (Å²) in [6.07, 6.45) is 1.03. The van der Waals surface area contributed by atoms with Crippen LogP contribution in [0.2, 0.25) is 0 Å². The lowest BCUT2D eigenvalue weighted by atomic mass is 10.1.